The van der Waals surface area contributed by atoms with Crippen molar-refractivity contribution in [2.24, 2.45) is 0 Å². The van der Waals surface area contributed by atoms with Crippen molar-refractivity contribution in [3.63, 3.8) is 0 Å². The number of ether oxygens (including phenoxy) is 1. The molecule has 2 N–H and O–H groups in total. The summed E-state index contributed by atoms with van der Waals surface area (Å²) in [5, 5.41) is 3.24. The molecule has 1 aromatic heterocycles. The first-order chi connectivity index (χ1) is 13.6. The zero-order valence-corrected chi connectivity index (χ0v) is 16.3. The van der Waals surface area contributed by atoms with Crippen LogP contribution in [0.3, 0.4) is 0 Å². The lowest BCUT2D eigenvalue weighted by molar-refractivity contribution is 0.204. The van der Waals surface area contributed by atoms with Crippen LogP contribution < -0.4 is 10.0 Å². The Morgan fingerprint density at radius 3 is 2.46 bits per heavy atom. The number of anilines is 1. The van der Waals surface area contributed by atoms with E-state index in [1.807, 2.05) is 36.4 Å². The molecule has 3 rings (SSSR count). The minimum Gasteiger partial charge on any atom is -0.383 e. The number of benzene rings is 2. The van der Waals surface area contributed by atoms with Crippen LogP contribution >= 0.6 is 0 Å². The van der Waals surface area contributed by atoms with Crippen molar-refractivity contribution in [3.05, 3.63) is 72.6 Å². The van der Waals surface area contributed by atoms with Crippen LogP contribution in [0.2, 0.25) is 0 Å². The van der Waals surface area contributed by atoms with Crippen molar-refractivity contribution < 1.29 is 13.2 Å². The van der Waals surface area contributed by atoms with Gasteiger partial charge in [0.1, 0.15) is 12.1 Å². The molecule has 3 aromatic rings. The highest BCUT2D eigenvalue weighted by atomic mass is 32.2. The minimum atomic E-state index is -3.52. The normalized spacial score (nSPS) is 11.3. The van der Waals surface area contributed by atoms with E-state index in [9.17, 15) is 8.42 Å². The molecule has 0 saturated carbocycles. The molecule has 0 aliphatic heterocycles. The predicted octanol–water partition coefficient (Wildman–Crippen LogP) is 2.68. The van der Waals surface area contributed by atoms with E-state index in [4.69, 9.17) is 4.74 Å². The summed E-state index contributed by atoms with van der Waals surface area (Å²) in [5.41, 5.74) is 2.79. The van der Waals surface area contributed by atoms with Gasteiger partial charge in [-0.15, -0.1) is 0 Å². The van der Waals surface area contributed by atoms with Gasteiger partial charge in [-0.05, 0) is 17.7 Å². The van der Waals surface area contributed by atoms with Crippen LogP contribution in [0.25, 0.3) is 11.3 Å². The van der Waals surface area contributed by atoms with Crippen LogP contribution in [0.4, 0.5) is 5.82 Å². The lowest BCUT2D eigenvalue weighted by atomic mass is 10.1. The fourth-order valence-electron chi connectivity index (χ4n) is 2.56. The third-order valence-electron chi connectivity index (χ3n) is 4.04. The molecule has 0 amide bonds. The number of aromatic nitrogens is 2. The van der Waals surface area contributed by atoms with E-state index in [-0.39, 0.29) is 11.4 Å². The van der Waals surface area contributed by atoms with Crippen LogP contribution in [0.1, 0.15) is 5.56 Å². The Hall–Kier alpha value is -2.81. The summed E-state index contributed by atoms with van der Waals surface area (Å²) in [6, 6.07) is 18.5. The SMILES string of the molecule is COCCNS(=O)(=O)c1ccc(CNc2cc(-c3ccccc3)ncn2)cc1. The number of sulfonamides is 1. The van der Waals surface area contributed by atoms with Crippen LogP contribution in [-0.4, -0.2) is 38.6 Å². The molecule has 0 radical (unpaired) electrons. The van der Waals surface area contributed by atoms with Crippen molar-refractivity contribution in [3.8, 4) is 11.3 Å². The van der Waals surface area contributed by atoms with E-state index in [2.05, 4.69) is 20.0 Å². The lowest BCUT2D eigenvalue weighted by Crippen LogP contribution is -2.27. The first kappa shape index (κ1) is 19.9. The average molecular weight is 398 g/mol. The second-order valence-corrected chi connectivity index (χ2v) is 7.81. The maximum Gasteiger partial charge on any atom is 0.240 e. The summed E-state index contributed by atoms with van der Waals surface area (Å²) in [5.74, 6) is 0.701. The number of hydrogen-bond donors (Lipinski definition) is 2. The Labute approximate surface area is 164 Å². The van der Waals surface area contributed by atoms with E-state index in [1.54, 1.807) is 24.3 Å². The number of methoxy groups -OCH3 is 1. The van der Waals surface area contributed by atoms with Crippen molar-refractivity contribution in [2.45, 2.75) is 11.4 Å². The van der Waals surface area contributed by atoms with Crippen molar-refractivity contribution in [1.29, 1.82) is 0 Å². The van der Waals surface area contributed by atoms with Gasteiger partial charge in [0.25, 0.3) is 0 Å². The van der Waals surface area contributed by atoms with E-state index in [0.717, 1.165) is 16.8 Å². The maximum absolute atomic E-state index is 12.2. The molecule has 0 unspecified atom stereocenters. The van der Waals surface area contributed by atoms with E-state index in [0.29, 0.717) is 19.0 Å². The summed E-state index contributed by atoms with van der Waals surface area (Å²) in [6.07, 6.45) is 1.52. The smallest absolute Gasteiger partial charge is 0.240 e. The third kappa shape index (κ3) is 5.35. The van der Waals surface area contributed by atoms with Crippen LogP contribution in [-0.2, 0) is 21.3 Å². The second-order valence-electron chi connectivity index (χ2n) is 6.04. The molecule has 0 aliphatic rings. The molecular formula is C20H22N4O3S. The Bertz CT molecular complexity index is 993. The largest absolute Gasteiger partial charge is 0.383 e. The number of hydrogen-bond acceptors (Lipinski definition) is 6. The quantitative estimate of drug-likeness (QED) is 0.538. The Balaban J connectivity index is 1.63. The number of nitrogens with zero attached hydrogens (tertiary/aromatic N) is 2. The molecule has 0 atom stereocenters. The van der Waals surface area contributed by atoms with Crippen LogP contribution in [0, 0.1) is 0 Å². The molecule has 0 saturated heterocycles. The standard InChI is InChI=1S/C20H22N4O3S/c1-27-12-11-24-28(25,26)18-9-7-16(8-10-18)14-21-20-13-19(22-15-23-20)17-5-3-2-4-6-17/h2-10,13,15,24H,11-12,14H2,1H3,(H,21,22,23). The first-order valence-corrected chi connectivity index (χ1v) is 10.3. The molecule has 0 spiro atoms. The fourth-order valence-corrected chi connectivity index (χ4v) is 3.57. The molecule has 2 aromatic carbocycles. The summed E-state index contributed by atoms with van der Waals surface area (Å²) in [4.78, 5) is 8.76. The van der Waals surface area contributed by atoms with Gasteiger partial charge >= 0.3 is 0 Å². The molecule has 0 aliphatic carbocycles. The summed E-state index contributed by atoms with van der Waals surface area (Å²) in [6.45, 7) is 1.08. The third-order valence-corrected chi connectivity index (χ3v) is 5.52. The molecule has 146 valence electrons. The maximum atomic E-state index is 12.2. The second kappa shape index (κ2) is 9.41. The molecule has 1 heterocycles. The highest BCUT2D eigenvalue weighted by Gasteiger charge is 2.12. The van der Waals surface area contributed by atoms with Gasteiger partial charge in [0.15, 0.2) is 0 Å². The highest BCUT2D eigenvalue weighted by Crippen LogP contribution is 2.18. The van der Waals surface area contributed by atoms with Gasteiger partial charge in [0.2, 0.25) is 10.0 Å². The molecule has 8 heteroatoms. The molecule has 0 bridgehead atoms. The number of nitrogens with one attached hydrogen (secondary N) is 2. The molecule has 28 heavy (non-hydrogen) atoms. The van der Waals surface area contributed by atoms with E-state index >= 15 is 0 Å². The lowest BCUT2D eigenvalue weighted by Gasteiger charge is -2.09. The Morgan fingerprint density at radius 2 is 1.75 bits per heavy atom. The Morgan fingerprint density at radius 1 is 1.00 bits per heavy atom. The average Bonchev–Trinajstić information content (AvgIpc) is 2.73. The Kier molecular flexibility index (Phi) is 6.70. The van der Waals surface area contributed by atoms with Crippen molar-refractivity contribution in [2.75, 3.05) is 25.6 Å². The molecule has 0 fully saturated rings. The topological polar surface area (TPSA) is 93.2 Å². The summed E-state index contributed by atoms with van der Waals surface area (Å²) < 4.78 is 31.7. The van der Waals surface area contributed by atoms with Gasteiger partial charge in [0.05, 0.1) is 17.2 Å². The van der Waals surface area contributed by atoms with Gasteiger partial charge in [-0.2, -0.15) is 0 Å². The zero-order valence-electron chi connectivity index (χ0n) is 15.5. The van der Waals surface area contributed by atoms with Gasteiger partial charge in [-0.3, -0.25) is 0 Å². The monoisotopic (exact) mass is 398 g/mol. The summed E-state index contributed by atoms with van der Waals surface area (Å²) >= 11 is 0. The molecule has 7 nitrogen and oxygen atoms in total. The highest BCUT2D eigenvalue weighted by molar-refractivity contribution is 7.89. The van der Waals surface area contributed by atoms with E-state index in [1.165, 1.54) is 13.4 Å². The minimum absolute atomic E-state index is 0.223. The van der Waals surface area contributed by atoms with E-state index < -0.39 is 10.0 Å². The van der Waals surface area contributed by atoms with Gasteiger partial charge in [-0.25, -0.2) is 23.1 Å². The molecular weight excluding hydrogens is 376 g/mol. The van der Waals surface area contributed by atoms with Crippen molar-refractivity contribution >= 4 is 15.8 Å². The first-order valence-electron chi connectivity index (χ1n) is 8.77. The van der Waals surface area contributed by atoms with Crippen LogP contribution in [0.15, 0.2) is 71.9 Å². The predicted molar refractivity (Wildman–Crippen MR) is 108 cm³/mol. The van der Waals surface area contributed by atoms with Gasteiger partial charge < -0.3 is 10.1 Å². The number of rotatable bonds is 9. The van der Waals surface area contributed by atoms with Gasteiger partial charge in [0, 0.05) is 31.8 Å². The fraction of sp³-hybridized carbons (Fsp3) is 0.200. The zero-order chi connectivity index (χ0) is 19.8. The van der Waals surface area contributed by atoms with Crippen molar-refractivity contribution in [1.82, 2.24) is 14.7 Å². The summed E-state index contributed by atoms with van der Waals surface area (Å²) in [7, 11) is -2.00. The van der Waals surface area contributed by atoms with Crippen LogP contribution in [0.5, 0.6) is 0 Å². The van der Waals surface area contributed by atoms with Gasteiger partial charge in [-0.1, -0.05) is 42.5 Å².